The summed E-state index contributed by atoms with van der Waals surface area (Å²) >= 11 is 0. The summed E-state index contributed by atoms with van der Waals surface area (Å²) in [6.07, 6.45) is -3.22. The number of hydrogen-bond acceptors (Lipinski definition) is 5. The minimum atomic E-state index is -4.70. The van der Waals surface area contributed by atoms with Crippen molar-refractivity contribution in [3.63, 3.8) is 0 Å². The summed E-state index contributed by atoms with van der Waals surface area (Å²) in [7, 11) is 0. The molecule has 0 aliphatic rings. The Balaban J connectivity index is 1.57. The molecule has 0 atom stereocenters. The van der Waals surface area contributed by atoms with Crippen molar-refractivity contribution in [1.82, 2.24) is 20.2 Å². The minimum Gasteiger partial charge on any atom is -0.489 e. The normalized spacial score (nSPS) is 11.3. The molecule has 0 bridgehead atoms. The van der Waals surface area contributed by atoms with Gasteiger partial charge in [-0.2, -0.15) is 0 Å². The summed E-state index contributed by atoms with van der Waals surface area (Å²) in [5.41, 5.74) is 1.50. The van der Waals surface area contributed by atoms with Crippen LogP contribution in [0.25, 0.3) is 5.69 Å². The molecule has 6 nitrogen and oxygen atoms in total. The highest BCUT2D eigenvalue weighted by atomic mass is 19.4. The molecule has 0 saturated heterocycles. The van der Waals surface area contributed by atoms with Crippen LogP contribution in [0.5, 0.6) is 11.5 Å². The second-order valence-corrected chi connectivity index (χ2v) is 4.73. The van der Waals surface area contributed by atoms with E-state index in [0.717, 1.165) is 5.69 Å². The number of benzene rings is 2. The lowest BCUT2D eigenvalue weighted by Crippen LogP contribution is -2.17. The molecular formula is C15H11F3N4O2. The first kappa shape index (κ1) is 15.8. The van der Waals surface area contributed by atoms with Gasteiger partial charge in [-0.25, -0.2) is 4.68 Å². The molecule has 0 N–H and O–H groups in total. The predicted molar refractivity (Wildman–Crippen MR) is 76.6 cm³/mol. The van der Waals surface area contributed by atoms with Crippen LogP contribution in [0.2, 0.25) is 0 Å². The van der Waals surface area contributed by atoms with Gasteiger partial charge in [0.2, 0.25) is 0 Å². The number of rotatable bonds is 5. The van der Waals surface area contributed by atoms with Crippen LogP contribution in [0, 0.1) is 0 Å². The predicted octanol–water partition coefficient (Wildman–Crippen LogP) is 3.14. The van der Waals surface area contributed by atoms with Gasteiger partial charge in [-0.1, -0.05) is 12.1 Å². The van der Waals surface area contributed by atoms with E-state index >= 15 is 0 Å². The van der Waals surface area contributed by atoms with Crippen LogP contribution in [-0.4, -0.2) is 26.6 Å². The molecule has 124 valence electrons. The molecule has 9 heteroatoms. The van der Waals surface area contributed by atoms with E-state index in [0.29, 0.717) is 11.3 Å². The number of halogens is 3. The van der Waals surface area contributed by atoms with Crippen LogP contribution >= 0.6 is 0 Å². The number of hydrogen-bond donors (Lipinski definition) is 0. The fourth-order valence-corrected chi connectivity index (χ4v) is 1.93. The highest BCUT2D eigenvalue weighted by molar-refractivity contribution is 5.36. The number of alkyl halides is 3. The molecule has 0 aliphatic heterocycles. The van der Waals surface area contributed by atoms with Crippen molar-refractivity contribution in [1.29, 1.82) is 0 Å². The van der Waals surface area contributed by atoms with Gasteiger partial charge in [-0.05, 0) is 52.4 Å². The molecule has 24 heavy (non-hydrogen) atoms. The van der Waals surface area contributed by atoms with Crippen molar-refractivity contribution in [2.75, 3.05) is 0 Å². The minimum absolute atomic E-state index is 0.219. The quantitative estimate of drug-likeness (QED) is 0.716. The van der Waals surface area contributed by atoms with Crippen molar-refractivity contribution >= 4 is 0 Å². The SMILES string of the molecule is FC(F)(F)Oc1ccc(COc2ccc(-n3cnnn3)cc2)cc1. The van der Waals surface area contributed by atoms with Gasteiger partial charge >= 0.3 is 6.36 Å². The van der Waals surface area contributed by atoms with E-state index in [4.69, 9.17) is 4.74 Å². The van der Waals surface area contributed by atoms with E-state index < -0.39 is 6.36 Å². The number of aromatic nitrogens is 4. The molecule has 0 radical (unpaired) electrons. The largest absolute Gasteiger partial charge is 0.573 e. The van der Waals surface area contributed by atoms with E-state index in [1.165, 1.54) is 35.3 Å². The molecule has 2 aromatic carbocycles. The van der Waals surface area contributed by atoms with Crippen molar-refractivity contribution < 1.29 is 22.6 Å². The number of tetrazole rings is 1. The molecule has 3 aromatic rings. The molecule has 0 amide bonds. The van der Waals surface area contributed by atoms with Gasteiger partial charge in [0.1, 0.15) is 24.4 Å². The Morgan fingerprint density at radius 3 is 2.17 bits per heavy atom. The zero-order valence-electron chi connectivity index (χ0n) is 12.1. The summed E-state index contributed by atoms with van der Waals surface area (Å²) < 4.78 is 47.1. The van der Waals surface area contributed by atoms with E-state index in [1.807, 2.05) is 0 Å². The summed E-state index contributed by atoms with van der Waals surface area (Å²) in [6.45, 7) is 0.219. The lowest BCUT2D eigenvalue weighted by atomic mass is 10.2. The zero-order valence-corrected chi connectivity index (χ0v) is 12.1. The summed E-state index contributed by atoms with van der Waals surface area (Å²) in [6, 6.07) is 12.6. The van der Waals surface area contributed by atoms with Crippen LogP contribution in [0.4, 0.5) is 13.2 Å². The van der Waals surface area contributed by atoms with Crippen LogP contribution in [0.15, 0.2) is 54.9 Å². The van der Waals surface area contributed by atoms with Crippen LogP contribution < -0.4 is 9.47 Å². The Morgan fingerprint density at radius 1 is 0.917 bits per heavy atom. The Labute approximate surface area is 134 Å². The Kier molecular flexibility index (Phi) is 4.32. The smallest absolute Gasteiger partial charge is 0.489 e. The first-order chi connectivity index (χ1) is 11.5. The van der Waals surface area contributed by atoms with E-state index in [2.05, 4.69) is 20.3 Å². The van der Waals surface area contributed by atoms with Gasteiger partial charge in [0.15, 0.2) is 0 Å². The third-order valence-electron chi connectivity index (χ3n) is 3.01. The highest BCUT2D eigenvalue weighted by Gasteiger charge is 2.30. The van der Waals surface area contributed by atoms with E-state index in [1.54, 1.807) is 24.3 Å². The van der Waals surface area contributed by atoms with E-state index in [9.17, 15) is 13.2 Å². The van der Waals surface area contributed by atoms with Gasteiger partial charge in [-0.3, -0.25) is 0 Å². The van der Waals surface area contributed by atoms with E-state index in [-0.39, 0.29) is 12.4 Å². The fraction of sp³-hybridized carbons (Fsp3) is 0.133. The first-order valence-corrected chi connectivity index (χ1v) is 6.80. The molecule has 1 heterocycles. The third-order valence-corrected chi connectivity index (χ3v) is 3.01. The lowest BCUT2D eigenvalue weighted by molar-refractivity contribution is -0.274. The molecule has 0 aliphatic carbocycles. The highest BCUT2D eigenvalue weighted by Crippen LogP contribution is 2.23. The lowest BCUT2D eigenvalue weighted by Gasteiger charge is -2.10. The maximum absolute atomic E-state index is 12.1. The van der Waals surface area contributed by atoms with Gasteiger partial charge < -0.3 is 9.47 Å². The van der Waals surface area contributed by atoms with Crippen LogP contribution in [0.1, 0.15) is 5.56 Å². The standard InChI is InChI=1S/C15H11F3N4O2/c16-15(17,18)24-14-5-1-11(2-6-14)9-23-13-7-3-12(4-8-13)22-10-19-20-21-22/h1-8,10H,9H2. The molecular weight excluding hydrogens is 325 g/mol. The molecule has 0 spiro atoms. The average molecular weight is 336 g/mol. The summed E-state index contributed by atoms with van der Waals surface area (Å²) in [4.78, 5) is 0. The Hall–Kier alpha value is -3.10. The van der Waals surface area contributed by atoms with Crippen molar-refractivity contribution in [3.05, 3.63) is 60.4 Å². The number of ether oxygens (including phenoxy) is 2. The maximum Gasteiger partial charge on any atom is 0.573 e. The average Bonchev–Trinajstić information content (AvgIpc) is 3.08. The van der Waals surface area contributed by atoms with Gasteiger partial charge in [0.25, 0.3) is 0 Å². The summed E-state index contributed by atoms with van der Waals surface area (Å²) in [5, 5.41) is 10.9. The Morgan fingerprint density at radius 2 is 1.58 bits per heavy atom. The van der Waals surface area contributed by atoms with Gasteiger partial charge in [0.05, 0.1) is 5.69 Å². The van der Waals surface area contributed by atoms with Crippen molar-refractivity contribution in [2.45, 2.75) is 13.0 Å². The van der Waals surface area contributed by atoms with Crippen molar-refractivity contribution in [2.24, 2.45) is 0 Å². The molecule has 1 aromatic heterocycles. The molecule has 0 unspecified atom stereocenters. The third kappa shape index (κ3) is 4.22. The topological polar surface area (TPSA) is 62.1 Å². The molecule has 3 rings (SSSR count). The van der Waals surface area contributed by atoms with Crippen LogP contribution in [-0.2, 0) is 6.61 Å². The Bertz CT molecular complexity index is 772. The van der Waals surface area contributed by atoms with Gasteiger partial charge in [-0.15, -0.1) is 18.3 Å². The van der Waals surface area contributed by atoms with Gasteiger partial charge in [0, 0.05) is 0 Å². The fourth-order valence-electron chi connectivity index (χ4n) is 1.93. The molecule has 0 fully saturated rings. The van der Waals surface area contributed by atoms with Crippen molar-refractivity contribution in [3.8, 4) is 17.2 Å². The zero-order chi connectivity index (χ0) is 17.0. The second kappa shape index (κ2) is 6.57. The molecule has 0 saturated carbocycles. The monoisotopic (exact) mass is 336 g/mol. The summed E-state index contributed by atoms with van der Waals surface area (Å²) in [5.74, 6) is 0.347. The number of nitrogens with zero attached hydrogens (tertiary/aromatic N) is 4. The first-order valence-electron chi connectivity index (χ1n) is 6.80. The maximum atomic E-state index is 12.1. The van der Waals surface area contributed by atoms with Crippen LogP contribution in [0.3, 0.4) is 0 Å². The second-order valence-electron chi connectivity index (χ2n) is 4.73.